The van der Waals surface area contributed by atoms with Crippen LogP contribution in [-0.2, 0) is 4.74 Å². The average Bonchev–Trinajstić information content (AvgIpc) is 3.16. The molecule has 0 saturated carbocycles. The van der Waals surface area contributed by atoms with E-state index in [4.69, 9.17) is 9.72 Å². The summed E-state index contributed by atoms with van der Waals surface area (Å²) in [6.45, 7) is -0.561. The van der Waals surface area contributed by atoms with Crippen molar-refractivity contribution in [2.24, 2.45) is 10.2 Å². The fraction of sp³-hybridized carbons (Fsp3) is 0.194. The van der Waals surface area contributed by atoms with Crippen molar-refractivity contribution in [2.75, 3.05) is 12.0 Å². The van der Waals surface area contributed by atoms with Gasteiger partial charge in [0, 0.05) is 16.7 Å². The molecule has 0 radical (unpaired) electrons. The zero-order valence-corrected chi connectivity index (χ0v) is 26.8. The Morgan fingerprint density at radius 1 is 0.653 bits per heavy atom. The molecule has 0 aliphatic carbocycles. The Labute approximate surface area is 286 Å². The van der Waals surface area contributed by atoms with E-state index in [0.717, 1.165) is 34.0 Å². The minimum atomic E-state index is -1.56. The second-order valence-electron chi connectivity index (χ2n) is 11.4. The van der Waals surface area contributed by atoms with Crippen molar-refractivity contribution >= 4 is 28.6 Å². The van der Waals surface area contributed by atoms with Gasteiger partial charge in [0.2, 0.25) is 5.17 Å². The van der Waals surface area contributed by atoms with Gasteiger partial charge in [-0.1, -0.05) is 133 Å². The Balaban J connectivity index is 1.34. The van der Waals surface area contributed by atoms with Gasteiger partial charge >= 0.3 is 0 Å². The van der Waals surface area contributed by atoms with Crippen LogP contribution in [-0.4, -0.2) is 88.0 Å². The third-order valence-electron chi connectivity index (χ3n) is 8.22. The predicted octanol–water partition coefficient (Wildman–Crippen LogP) is 3.88. The van der Waals surface area contributed by atoms with Gasteiger partial charge in [-0.25, -0.2) is 9.99 Å². The van der Waals surface area contributed by atoms with Gasteiger partial charge in [0.25, 0.3) is 5.95 Å². The maximum absolute atomic E-state index is 10.9. The lowest BCUT2D eigenvalue weighted by molar-refractivity contribution is -0.205. The Hall–Kier alpha value is -5.02. The lowest BCUT2D eigenvalue weighted by Gasteiger charge is -2.42. The number of rotatable bonds is 8. The molecule has 7 rings (SSSR count). The maximum atomic E-state index is 10.9. The van der Waals surface area contributed by atoms with Crippen molar-refractivity contribution in [1.82, 2.24) is 20.2 Å². The summed E-state index contributed by atoms with van der Waals surface area (Å²) in [5.41, 5.74) is 7.42. The number of hydrazine groups is 1. The summed E-state index contributed by atoms with van der Waals surface area (Å²) < 4.78 is 5.85. The first-order valence-corrected chi connectivity index (χ1v) is 16.5. The molecule has 4 aromatic carbocycles. The average molecular weight is 676 g/mol. The second kappa shape index (κ2) is 14.6. The molecule has 49 heavy (non-hydrogen) atoms. The number of thioether (sulfide) groups is 1. The molecule has 0 spiro atoms. The third-order valence-corrected chi connectivity index (χ3v) is 9.33. The lowest BCUT2D eigenvalue weighted by Crippen LogP contribution is -2.58. The molecular formula is C36H33N7O5S. The number of hydrogen-bond donors (Lipinski definition) is 5. The molecule has 1 fully saturated rings. The van der Waals surface area contributed by atoms with E-state index in [1.165, 1.54) is 0 Å². The van der Waals surface area contributed by atoms with E-state index in [-0.39, 0.29) is 11.1 Å². The van der Waals surface area contributed by atoms with Gasteiger partial charge in [0.1, 0.15) is 47.3 Å². The summed E-state index contributed by atoms with van der Waals surface area (Å²) in [6.07, 6.45) is -5.66. The van der Waals surface area contributed by atoms with Crippen LogP contribution < -0.4 is 5.43 Å². The summed E-state index contributed by atoms with van der Waals surface area (Å²) in [4.78, 5) is 4.97. The lowest BCUT2D eigenvalue weighted by atomic mass is 9.96. The highest BCUT2D eigenvalue weighted by molar-refractivity contribution is 8.14. The molecule has 1 unspecified atom stereocenters. The highest BCUT2D eigenvalue weighted by Crippen LogP contribution is 2.37. The van der Waals surface area contributed by atoms with Gasteiger partial charge < -0.3 is 25.2 Å². The van der Waals surface area contributed by atoms with Crippen molar-refractivity contribution in [3.63, 3.8) is 0 Å². The number of anilines is 1. The first kappa shape index (κ1) is 32.5. The molecular weight excluding hydrogens is 643 g/mol. The number of nitrogens with zero attached hydrogens (tertiary/aromatic N) is 6. The largest absolute Gasteiger partial charge is 0.394 e. The molecule has 1 aromatic heterocycles. The molecule has 5 N–H and O–H groups in total. The summed E-state index contributed by atoms with van der Waals surface area (Å²) >= 11 is 0.974. The maximum Gasteiger partial charge on any atom is 0.262 e. The standard InChI is InChI=1S/C36H33N7O5S/c44-21-26-31(45)32(46)33(47)34(48-26)49-36-41-39-29(24-17-9-3-10-18-24)30(25-19-11-4-12-20-25)43(36)42-35-37-27(22-13-5-1-6-14-22)28(38-40-35)23-15-7-2-8-16-23/h1-20,26,30-34,44-47H,21H2,(H,37,40,42)/t26-,30?,31-,32+,33-,34+/m1/s1. The van der Waals surface area contributed by atoms with Crippen LogP contribution in [0.5, 0.6) is 0 Å². The normalized spacial score (nSPS) is 23.8. The number of aliphatic hydroxyl groups is 4. The molecule has 248 valence electrons. The predicted molar refractivity (Wildman–Crippen MR) is 187 cm³/mol. The Morgan fingerprint density at radius 2 is 1.22 bits per heavy atom. The van der Waals surface area contributed by atoms with Crippen molar-refractivity contribution in [2.45, 2.75) is 35.9 Å². The summed E-state index contributed by atoms with van der Waals surface area (Å²) in [5.74, 6) is 0.163. The second-order valence-corrected chi connectivity index (χ2v) is 12.5. The smallest absolute Gasteiger partial charge is 0.262 e. The minimum absolute atomic E-state index is 0.163. The third kappa shape index (κ3) is 6.81. The number of hydrogen-bond acceptors (Lipinski definition) is 13. The minimum Gasteiger partial charge on any atom is -0.394 e. The number of amidine groups is 1. The summed E-state index contributed by atoms with van der Waals surface area (Å²) in [5, 5.41) is 62.0. The molecule has 13 heteroatoms. The molecule has 2 aliphatic rings. The monoisotopic (exact) mass is 675 g/mol. The number of aliphatic hydroxyl groups excluding tert-OH is 4. The Bertz CT molecular complexity index is 1920. The molecule has 1 saturated heterocycles. The van der Waals surface area contributed by atoms with Gasteiger partial charge in [-0.2, -0.15) is 0 Å². The zero-order chi connectivity index (χ0) is 33.7. The van der Waals surface area contributed by atoms with E-state index in [9.17, 15) is 20.4 Å². The number of ether oxygens (including phenoxy) is 1. The van der Waals surface area contributed by atoms with Crippen LogP contribution in [0, 0.1) is 0 Å². The van der Waals surface area contributed by atoms with E-state index in [1.807, 2.05) is 121 Å². The summed E-state index contributed by atoms with van der Waals surface area (Å²) in [6, 6.07) is 38.1. The topological polar surface area (TPSA) is 169 Å². The number of nitrogens with one attached hydrogen (secondary N) is 1. The summed E-state index contributed by atoms with van der Waals surface area (Å²) in [7, 11) is 0. The molecule has 0 amide bonds. The van der Waals surface area contributed by atoms with Crippen LogP contribution in [0.25, 0.3) is 22.5 Å². The van der Waals surface area contributed by atoms with Crippen LogP contribution in [0.1, 0.15) is 17.2 Å². The highest BCUT2D eigenvalue weighted by Gasteiger charge is 2.46. The van der Waals surface area contributed by atoms with Crippen LogP contribution in [0.2, 0.25) is 0 Å². The molecule has 12 nitrogen and oxygen atoms in total. The van der Waals surface area contributed by atoms with Crippen LogP contribution in [0.15, 0.2) is 132 Å². The first-order chi connectivity index (χ1) is 24.0. The molecule has 5 aromatic rings. The Morgan fingerprint density at radius 3 is 1.84 bits per heavy atom. The SMILES string of the molecule is OC[C@H]1O[C@@H](SC2=NN=C(c3ccccc3)C(c3ccccc3)N2Nc2nnc(-c3ccccc3)c(-c3ccccc3)n2)[C@H](O)[C@@H](O)[C@@H]1O. The zero-order valence-electron chi connectivity index (χ0n) is 26.0. The van der Waals surface area contributed by atoms with Gasteiger partial charge in [0.05, 0.1) is 12.3 Å². The van der Waals surface area contributed by atoms with E-state index in [2.05, 4.69) is 25.8 Å². The fourth-order valence-corrected chi connectivity index (χ4v) is 6.79. The fourth-order valence-electron chi connectivity index (χ4n) is 5.73. The molecule has 2 aliphatic heterocycles. The highest BCUT2D eigenvalue weighted by atomic mass is 32.2. The van der Waals surface area contributed by atoms with E-state index < -0.39 is 42.5 Å². The molecule has 0 bridgehead atoms. The van der Waals surface area contributed by atoms with Crippen LogP contribution >= 0.6 is 11.8 Å². The van der Waals surface area contributed by atoms with Crippen LogP contribution in [0.4, 0.5) is 5.95 Å². The van der Waals surface area contributed by atoms with Gasteiger partial charge in [-0.3, -0.25) is 5.43 Å². The van der Waals surface area contributed by atoms with Crippen molar-refractivity contribution in [3.05, 3.63) is 132 Å². The Kier molecular flexibility index (Phi) is 9.70. The van der Waals surface area contributed by atoms with Gasteiger partial charge in [-0.15, -0.1) is 20.4 Å². The van der Waals surface area contributed by atoms with Crippen LogP contribution in [0.3, 0.4) is 0 Å². The van der Waals surface area contributed by atoms with Gasteiger partial charge in [-0.05, 0) is 5.56 Å². The van der Waals surface area contributed by atoms with Crippen molar-refractivity contribution < 1.29 is 25.2 Å². The van der Waals surface area contributed by atoms with Crippen molar-refractivity contribution in [3.8, 4) is 22.5 Å². The number of aromatic nitrogens is 3. The molecule has 6 atom stereocenters. The van der Waals surface area contributed by atoms with E-state index in [0.29, 0.717) is 17.1 Å². The van der Waals surface area contributed by atoms with Crippen molar-refractivity contribution in [1.29, 1.82) is 0 Å². The van der Waals surface area contributed by atoms with Gasteiger partial charge in [0.15, 0.2) is 0 Å². The first-order valence-electron chi connectivity index (χ1n) is 15.7. The number of benzene rings is 4. The van der Waals surface area contributed by atoms with E-state index in [1.54, 1.807) is 5.01 Å². The quantitative estimate of drug-likeness (QED) is 0.162. The molecule has 3 heterocycles. The van der Waals surface area contributed by atoms with E-state index >= 15 is 0 Å².